The van der Waals surface area contributed by atoms with E-state index < -0.39 is 0 Å². The van der Waals surface area contributed by atoms with Gasteiger partial charge in [-0.1, -0.05) is 43.2 Å². The van der Waals surface area contributed by atoms with Crippen molar-refractivity contribution < 1.29 is 4.79 Å². The monoisotopic (exact) mass is 280 g/mol. The minimum absolute atomic E-state index is 0.0148. The molecule has 108 valence electrons. The van der Waals surface area contributed by atoms with Crippen molar-refractivity contribution in [3.05, 3.63) is 60.2 Å². The zero-order chi connectivity index (χ0) is 14.5. The highest BCUT2D eigenvalue weighted by atomic mass is 16.1. The molecule has 2 N–H and O–H groups in total. The van der Waals surface area contributed by atoms with E-state index in [1.807, 2.05) is 54.6 Å². The molecule has 0 radical (unpaired) electrons. The third-order valence-electron chi connectivity index (χ3n) is 3.91. The van der Waals surface area contributed by atoms with Gasteiger partial charge in [-0.05, 0) is 37.1 Å². The zero-order valence-corrected chi connectivity index (χ0v) is 12.0. The molecule has 0 aliphatic heterocycles. The van der Waals surface area contributed by atoms with Crippen LogP contribution in [0.2, 0.25) is 0 Å². The van der Waals surface area contributed by atoms with Crippen LogP contribution in [0.5, 0.6) is 0 Å². The van der Waals surface area contributed by atoms with Crippen LogP contribution >= 0.6 is 0 Å². The number of benzene rings is 2. The van der Waals surface area contributed by atoms with Gasteiger partial charge in [0.05, 0.1) is 11.3 Å². The fourth-order valence-corrected chi connectivity index (χ4v) is 2.80. The smallest absolute Gasteiger partial charge is 0.253 e. The topological polar surface area (TPSA) is 41.1 Å². The number of hydrogen-bond donors (Lipinski definition) is 2. The summed E-state index contributed by atoms with van der Waals surface area (Å²) in [6.07, 6.45) is 4.63. The first-order chi connectivity index (χ1) is 10.3. The number of anilines is 2. The van der Waals surface area contributed by atoms with Crippen molar-refractivity contribution in [2.75, 3.05) is 5.32 Å². The summed E-state index contributed by atoms with van der Waals surface area (Å²) in [6, 6.07) is 17.9. The lowest BCUT2D eigenvalue weighted by Crippen LogP contribution is -2.32. The lowest BCUT2D eigenvalue weighted by molar-refractivity contribution is 0.0939. The largest absolute Gasteiger partial charge is 0.355 e. The Morgan fingerprint density at radius 2 is 1.57 bits per heavy atom. The molecule has 1 fully saturated rings. The summed E-state index contributed by atoms with van der Waals surface area (Å²) >= 11 is 0. The molecule has 2 aromatic carbocycles. The maximum atomic E-state index is 12.5. The van der Waals surface area contributed by atoms with E-state index >= 15 is 0 Å². The van der Waals surface area contributed by atoms with Crippen LogP contribution in [0, 0.1) is 0 Å². The van der Waals surface area contributed by atoms with Gasteiger partial charge >= 0.3 is 0 Å². The van der Waals surface area contributed by atoms with Crippen molar-refractivity contribution in [1.82, 2.24) is 5.32 Å². The van der Waals surface area contributed by atoms with E-state index in [2.05, 4.69) is 10.6 Å². The fourth-order valence-electron chi connectivity index (χ4n) is 2.80. The van der Waals surface area contributed by atoms with Crippen molar-refractivity contribution in [1.29, 1.82) is 0 Å². The number of para-hydroxylation sites is 2. The normalized spacial score (nSPS) is 14.9. The Balaban J connectivity index is 1.77. The molecule has 1 aliphatic carbocycles. The van der Waals surface area contributed by atoms with E-state index in [-0.39, 0.29) is 5.91 Å². The summed E-state index contributed by atoms with van der Waals surface area (Å²) in [5.41, 5.74) is 2.53. The molecule has 0 saturated heterocycles. The Morgan fingerprint density at radius 3 is 2.33 bits per heavy atom. The first kappa shape index (κ1) is 13.7. The van der Waals surface area contributed by atoms with Crippen molar-refractivity contribution in [3.8, 4) is 0 Å². The molecule has 0 aromatic heterocycles. The SMILES string of the molecule is O=C(NC1CCCC1)c1ccccc1Nc1ccccc1. The predicted octanol–water partition coefficient (Wildman–Crippen LogP) is 4.10. The molecule has 0 atom stereocenters. The summed E-state index contributed by atoms with van der Waals surface area (Å²) in [7, 11) is 0. The molecule has 0 spiro atoms. The number of hydrogen-bond acceptors (Lipinski definition) is 2. The fraction of sp³-hybridized carbons (Fsp3) is 0.278. The highest BCUT2D eigenvalue weighted by Gasteiger charge is 2.19. The maximum absolute atomic E-state index is 12.5. The first-order valence-corrected chi connectivity index (χ1v) is 7.55. The van der Waals surface area contributed by atoms with Crippen LogP contribution in [0.3, 0.4) is 0 Å². The maximum Gasteiger partial charge on any atom is 0.253 e. The Hall–Kier alpha value is -2.29. The van der Waals surface area contributed by atoms with Crippen LogP contribution < -0.4 is 10.6 Å². The Bertz CT molecular complexity index is 604. The van der Waals surface area contributed by atoms with E-state index in [0.29, 0.717) is 11.6 Å². The van der Waals surface area contributed by atoms with E-state index in [1.165, 1.54) is 12.8 Å². The van der Waals surface area contributed by atoms with Crippen LogP contribution in [0.25, 0.3) is 0 Å². The molecule has 2 aromatic rings. The Kier molecular flexibility index (Phi) is 4.20. The van der Waals surface area contributed by atoms with Crippen LogP contribution in [-0.2, 0) is 0 Å². The average molecular weight is 280 g/mol. The lowest BCUT2D eigenvalue weighted by Gasteiger charge is -2.15. The summed E-state index contributed by atoms with van der Waals surface area (Å²) in [5.74, 6) is 0.0148. The molecular weight excluding hydrogens is 260 g/mol. The van der Waals surface area contributed by atoms with E-state index in [0.717, 1.165) is 24.2 Å². The third-order valence-corrected chi connectivity index (χ3v) is 3.91. The van der Waals surface area contributed by atoms with Gasteiger partial charge in [0, 0.05) is 11.7 Å². The van der Waals surface area contributed by atoms with Crippen LogP contribution in [-0.4, -0.2) is 11.9 Å². The molecule has 21 heavy (non-hydrogen) atoms. The van der Waals surface area contributed by atoms with Gasteiger partial charge in [0.25, 0.3) is 5.91 Å². The molecule has 1 amide bonds. The molecule has 0 heterocycles. The second-order valence-corrected chi connectivity index (χ2v) is 5.49. The van der Waals surface area contributed by atoms with Crippen LogP contribution in [0.15, 0.2) is 54.6 Å². The average Bonchev–Trinajstić information content (AvgIpc) is 3.02. The van der Waals surface area contributed by atoms with Crippen molar-refractivity contribution >= 4 is 17.3 Å². The summed E-state index contributed by atoms with van der Waals surface area (Å²) < 4.78 is 0. The van der Waals surface area contributed by atoms with Crippen LogP contribution in [0.4, 0.5) is 11.4 Å². The van der Waals surface area contributed by atoms with Gasteiger partial charge in [-0.25, -0.2) is 0 Å². The van der Waals surface area contributed by atoms with Gasteiger partial charge in [-0.15, -0.1) is 0 Å². The molecular formula is C18H20N2O. The van der Waals surface area contributed by atoms with Gasteiger partial charge in [0.15, 0.2) is 0 Å². The first-order valence-electron chi connectivity index (χ1n) is 7.55. The third kappa shape index (κ3) is 3.43. The molecule has 3 nitrogen and oxygen atoms in total. The minimum Gasteiger partial charge on any atom is -0.355 e. The molecule has 3 rings (SSSR count). The predicted molar refractivity (Wildman–Crippen MR) is 85.9 cm³/mol. The van der Waals surface area contributed by atoms with E-state index in [1.54, 1.807) is 0 Å². The van der Waals surface area contributed by atoms with Gasteiger partial charge in [0.1, 0.15) is 0 Å². The summed E-state index contributed by atoms with van der Waals surface area (Å²) in [6.45, 7) is 0. The Morgan fingerprint density at radius 1 is 0.905 bits per heavy atom. The lowest BCUT2D eigenvalue weighted by atomic mass is 10.1. The highest BCUT2D eigenvalue weighted by Crippen LogP contribution is 2.22. The van der Waals surface area contributed by atoms with Gasteiger partial charge in [-0.3, -0.25) is 4.79 Å². The molecule has 1 saturated carbocycles. The van der Waals surface area contributed by atoms with Crippen molar-refractivity contribution in [2.45, 2.75) is 31.7 Å². The highest BCUT2D eigenvalue weighted by molar-refractivity contribution is 6.00. The summed E-state index contributed by atoms with van der Waals surface area (Å²) in [5, 5.41) is 6.46. The van der Waals surface area contributed by atoms with Crippen LogP contribution in [0.1, 0.15) is 36.0 Å². The van der Waals surface area contributed by atoms with E-state index in [4.69, 9.17) is 0 Å². The summed E-state index contributed by atoms with van der Waals surface area (Å²) in [4.78, 5) is 12.5. The zero-order valence-electron chi connectivity index (χ0n) is 12.0. The van der Waals surface area contributed by atoms with Crippen molar-refractivity contribution in [3.63, 3.8) is 0 Å². The molecule has 3 heteroatoms. The van der Waals surface area contributed by atoms with Gasteiger partial charge < -0.3 is 10.6 Å². The number of carbonyl (C=O) groups is 1. The number of amides is 1. The number of carbonyl (C=O) groups excluding carboxylic acids is 1. The quantitative estimate of drug-likeness (QED) is 0.885. The standard InChI is InChI=1S/C18H20N2O/c21-18(20-15-10-4-5-11-15)16-12-6-7-13-17(16)19-14-8-2-1-3-9-14/h1-3,6-9,12-13,15,19H,4-5,10-11H2,(H,20,21). The van der Waals surface area contributed by atoms with Gasteiger partial charge in [-0.2, -0.15) is 0 Å². The molecule has 1 aliphatic rings. The second-order valence-electron chi connectivity index (χ2n) is 5.49. The second kappa shape index (κ2) is 6.44. The van der Waals surface area contributed by atoms with E-state index in [9.17, 15) is 4.79 Å². The van der Waals surface area contributed by atoms with Gasteiger partial charge in [0.2, 0.25) is 0 Å². The molecule has 0 unspecified atom stereocenters. The number of nitrogens with one attached hydrogen (secondary N) is 2. The van der Waals surface area contributed by atoms with Crippen molar-refractivity contribution in [2.24, 2.45) is 0 Å². The molecule has 0 bridgehead atoms. The Labute approximate surface area is 125 Å². The number of rotatable bonds is 4. The minimum atomic E-state index is 0.0148.